The Kier molecular flexibility index (Phi) is 7.63. The van der Waals surface area contributed by atoms with E-state index >= 15 is 0 Å². The Labute approximate surface area is 212 Å². The van der Waals surface area contributed by atoms with E-state index in [1.807, 2.05) is 0 Å². The summed E-state index contributed by atoms with van der Waals surface area (Å²) in [5.74, 6) is 1.80. The predicted molar refractivity (Wildman–Crippen MR) is 144 cm³/mol. The van der Waals surface area contributed by atoms with Crippen LogP contribution < -0.4 is 10.2 Å². The normalized spacial score (nSPS) is 19.8. The molecule has 1 aromatic carbocycles. The minimum absolute atomic E-state index is 0.0273. The second-order valence-corrected chi connectivity index (χ2v) is 11.3. The first-order chi connectivity index (χ1) is 17.1. The molecule has 1 atom stereocenters. The molecule has 1 N–H and O–H groups in total. The van der Waals surface area contributed by atoms with Crippen LogP contribution in [0.3, 0.4) is 0 Å². The number of hydrogen-bond acceptors (Lipinski definition) is 6. The number of nitrogens with one attached hydrogen (secondary N) is 1. The lowest BCUT2D eigenvalue weighted by Gasteiger charge is -2.34. The maximum atomic E-state index is 13.1. The summed E-state index contributed by atoms with van der Waals surface area (Å²) in [6.45, 7) is 10.1. The van der Waals surface area contributed by atoms with Gasteiger partial charge in [0.1, 0.15) is 17.0 Å². The lowest BCUT2D eigenvalue weighted by Crippen LogP contribution is -2.45. The van der Waals surface area contributed by atoms with E-state index in [4.69, 9.17) is 0 Å². The molecule has 0 bridgehead atoms. The number of carbonyl (C=O) groups is 1. The van der Waals surface area contributed by atoms with Crippen molar-refractivity contribution < 1.29 is 4.79 Å². The number of carbonyl (C=O) groups excluding carboxylic acids is 1. The van der Waals surface area contributed by atoms with Crippen molar-refractivity contribution in [2.45, 2.75) is 52.5 Å². The quantitative estimate of drug-likeness (QED) is 0.514. The number of piperidine rings is 2. The van der Waals surface area contributed by atoms with Crippen LogP contribution in [0.1, 0.15) is 48.6 Å². The molecule has 2 fully saturated rings. The molecule has 35 heavy (non-hydrogen) atoms. The van der Waals surface area contributed by atoms with E-state index in [0.717, 1.165) is 87.4 Å². The van der Waals surface area contributed by atoms with Crippen LogP contribution in [0.25, 0.3) is 10.2 Å². The summed E-state index contributed by atoms with van der Waals surface area (Å²) < 4.78 is 0. The molecule has 0 aliphatic carbocycles. The number of aryl methyl sites for hydroxylation is 2. The van der Waals surface area contributed by atoms with Gasteiger partial charge in [0.05, 0.1) is 11.3 Å². The van der Waals surface area contributed by atoms with Crippen LogP contribution in [-0.4, -0.2) is 53.5 Å². The molecule has 1 unspecified atom stereocenters. The van der Waals surface area contributed by atoms with Crippen LogP contribution >= 0.6 is 11.3 Å². The van der Waals surface area contributed by atoms with Gasteiger partial charge in [0, 0.05) is 31.1 Å². The molecule has 0 radical (unpaired) electrons. The van der Waals surface area contributed by atoms with Gasteiger partial charge in [0.15, 0.2) is 0 Å². The number of likely N-dealkylation sites (tertiary alicyclic amines) is 1. The Morgan fingerprint density at radius 3 is 2.80 bits per heavy atom. The molecule has 4 heterocycles. The molecule has 5 rings (SSSR count). The summed E-state index contributed by atoms with van der Waals surface area (Å²) in [7, 11) is 0. The van der Waals surface area contributed by atoms with Crippen molar-refractivity contribution in [3.05, 3.63) is 52.7 Å². The lowest BCUT2D eigenvalue weighted by atomic mass is 9.94. The second-order valence-electron chi connectivity index (χ2n) is 10.2. The molecule has 2 saturated heterocycles. The van der Waals surface area contributed by atoms with Gasteiger partial charge in [-0.3, -0.25) is 9.69 Å². The molecule has 186 valence electrons. The number of aromatic nitrogens is 2. The van der Waals surface area contributed by atoms with Gasteiger partial charge in [-0.25, -0.2) is 9.97 Å². The fraction of sp³-hybridized carbons (Fsp3) is 0.536. The summed E-state index contributed by atoms with van der Waals surface area (Å²) in [6, 6.07) is 11.0. The van der Waals surface area contributed by atoms with Gasteiger partial charge < -0.3 is 10.2 Å². The fourth-order valence-electron chi connectivity index (χ4n) is 5.51. The molecule has 2 aliphatic rings. The Balaban J connectivity index is 1.11. The smallest absolute Gasteiger partial charge is 0.224 e. The van der Waals surface area contributed by atoms with Crippen molar-refractivity contribution in [2.75, 3.05) is 37.6 Å². The van der Waals surface area contributed by atoms with Crippen LogP contribution in [0.4, 0.5) is 5.82 Å². The molecule has 3 aromatic rings. The van der Waals surface area contributed by atoms with Gasteiger partial charge in [-0.05, 0) is 69.7 Å². The first-order valence-electron chi connectivity index (χ1n) is 13.1. The summed E-state index contributed by atoms with van der Waals surface area (Å²) in [6.07, 6.45) is 6.96. The van der Waals surface area contributed by atoms with Crippen molar-refractivity contribution in [3.63, 3.8) is 0 Å². The highest BCUT2D eigenvalue weighted by molar-refractivity contribution is 7.18. The highest BCUT2D eigenvalue weighted by atomic mass is 32.1. The van der Waals surface area contributed by atoms with Gasteiger partial charge in [0.25, 0.3) is 0 Å². The van der Waals surface area contributed by atoms with Crippen molar-refractivity contribution in [1.82, 2.24) is 20.2 Å². The maximum absolute atomic E-state index is 13.1. The third kappa shape index (κ3) is 5.84. The molecule has 2 aromatic heterocycles. The molecule has 7 heteroatoms. The SMILES string of the molecule is CCc1cc2c(N3CCCC(C(=O)NCC4CCN(Cc5cccc(C)c5)CC4)C3)ncnc2s1. The molecular weight excluding hydrogens is 454 g/mol. The summed E-state index contributed by atoms with van der Waals surface area (Å²) >= 11 is 1.75. The fourth-order valence-corrected chi connectivity index (χ4v) is 6.44. The summed E-state index contributed by atoms with van der Waals surface area (Å²) in [5.41, 5.74) is 2.72. The topological polar surface area (TPSA) is 61.4 Å². The van der Waals surface area contributed by atoms with Crippen LogP contribution in [-0.2, 0) is 17.8 Å². The molecule has 2 aliphatic heterocycles. The second kappa shape index (κ2) is 11.0. The predicted octanol–water partition coefficient (Wildman–Crippen LogP) is 4.81. The zero-order valence-electron chi connectivity index (χ0n) is 21.0. The number of benzene rings is 1. The molecule has 0 spiro atoms. The number of fused-ring (bicyclic) bond motifs is 1. The van der Waals surface area contributed by atoms with E-state index in [9.17, 15) is 4.79 Å². The highest BCUT2D eigenvalue weighted by Crippen LogP contribution is 2.32. The Hall–Kier alpha value is -2.51. The molecule has 1 amide bonds. The standard InChI is InChI=1S/C28H37N5OS/c1-3-24-15-25-26(30-19-31-28(25)35-24)33-11-5-8-23(18-33)27(34)29-16-21-9-12-32(13-10-21)17-22-7-4-6-20(2)14-22/h4,6-7,14-15,19,21,23H,3,5,8-13,16-18H2,1-2H3,(H,29,34). The average Bonchev–Trinajstić information content (AvgIpc) is 3.32. The van der Waals surface area contributed by atoms with E-state index in [1.165, 1.54) is 16.0 Å². The highest BCUT2D eigenvalue weighted by Gasteiger charge is 2.28. The van der Waals surface area contributed by atoms with Gasteiger partial charge in [-0.2, -0.15) is 0 Å². The number of thiophene rings is 1. The van der Waals surface area contributed by atoms with E-state index in [1.54, 1.807) is 17.7 Å². The summed E-state index contributed by atoms with van der Waals surface area (Å²) in [5, 5.41) is 4.43. The number of rotatable bonds is 7. The Morgan fingerprint density at radius 1 is 1.14 bits per heavy atom. The van der Waals surface area contributed by atoms with Gasteiger partial charge in [-0.1, -0.05) is 36.8 Å². The third-order valence-electron chi connectivity index (χ3n) is 7.56. The molecule has 0 saturated carbocycles. The van der Waals surface area contributed by atoms with Crippen molar-refractivity contribution in [1.29, 1.82) is 0 Å². The van der Waals surface area contributed by atoms with E-state index in [0.29, 0.717) is 5.92 Å². The third-order valence-corrected chi connectivity index (χ3v) is 8.75. The van der Waals surface area contributed by atoms with Gasteiger partial charge in [-0.15, -0.1) is 11.3 Å². The zero-order chi connectivity index (χ0) is 24.2. The van der Waals surface area contributed by atoms with Crippen molar-refractivity contribution in [2.24, 2.45) is 11.8 Å². The van der Waals surface area contributed by atoms with Crippen LogP contribution in [0.2, 0.25) is 0 Å². The van der Waals surface area contributed by atoms with Crippen molar-refractivity contribution >= 4 is 33.3 Å². The van der Waals surface area contributed by atoms with E-state index < -0.39 is 0 Å². The number of amides is 1. The molecule has 6 nitrogen and oxygen atoms in total. The maximum Gasteiger partial charge on any atom is 0.224 e. The minimum atomic E-state index is 0.0273. The number of nitrogens with zero attached hydrogens (tertiary/aromatic N) is 4. The lowest BCUT2D eigenvalue weighted by molar-refractivity contribution is -0.125. The first-order valence-corrected chi connectivity index (χ1v) is 13.9. The van der Waals surface area contributed by atoms with Crippen LogP contribution in [0, 0.1) is 18.8 Å². The Morgan fingerprint density at radius 2 is 2.00 bits per heavy atom. The monoisotopic (exact) mass is 491 g/mol. The largest absolute Gasteiger partial charge is 0.356 e. The minimum Gasteiger partial charge on any atom is -0.356 e. The molecular formula is C28H37N5OS. The van der Waals surface area contributed by atoms with Gasteiger partial charge in [0.2, 0.25) is 5.91 Å². The Bertz CT molecular complexity index is 1150. The number of hydrogen-bond donors (Lipinski definition) is 1. The van der Waals surface area contributed by atoms with E-state index in [-0.39, 0.29) is 11.8 Å². The van der Waals surface area contributed by atoms with Crippen LogP contribution in [0.5, 0.6) is 0 Å². The first kappa shape index (κ1) is 24.2. The number of anilines is 1. The average molecular weight is 492 g/mol. The zero-order valence-corrected chi connectivity index (χ0v) is 21.8. The summed E-state index contributed by atoms with van der Waals surface area (Å²) in [4.78, 5) is 29.4. The van der Waals surface area contributed by atoms with E-state index in [2.05, 4.69) is 69.3 Å². The van der Waals surface area contributed by atoms with Crippen LogP contribution in [0.15, 0.2) is 36.7 Å². The van der Waals surface area contributed by atoms with Gasteiger partial charge >= 0.3 is 0 Å². The van der Waals surface area contributed by atoms with Crippen molar-refractivity contribution in [3.8, 4) is 0 Å².